The first kappa shape index (κ1) is 27.5. The van der Waals surface area contributed by atoms with Gasteiger partial charge >= 0.3 is 5.97 Å². The number of aliphatic hydroxyl groups excluding tert-OH is 1. The van der Waals surface area contributed by atoms with Gasteiger partial charge in [0.2, 0.25) is 17.2 Å². The third-order valence-electron chi connectivity index (χ3n) is 5.96. The normalized spacial score (nSPS) is 21.4. The fraction of sp³-hybridized carbons (Fsp3) is 0.536. The average Bonchev–Trinajstić information content (AvgIpc) is 2.78. The summed E-state index contributed by atoms with van der Waals surface area (Å²) < 4.78 is 10.8. The molecular formula is C28H38O6. The van der Waals surface area contributed by atoms with Gasteiger partial charge in [-0.25, -0.2) is 4.79 Å². The average molecular weight is 471 g/mol. The Labute approximate surface area is 203 Å². The zero-order chi connectivity index (χ0) is 25.1. The molecule has 0 aromatic rings. The summed E-state index contributed by atoms with van der Waals surface area (Å²) in [5.41, 5.74) is -1.08. The highest BCUT2D eigenvalue weighted by molar-refractivity contribution is 6.26. The minimum atomic E-state index is -1.94. The lowest BCUT2D eigenvalue weighted by atomic mass is 9.80. The number of esters is 1. The van der Waals surface area contributed by atoms with Crippen molar-refractivity contribution in [1.82, 2.24) is 0 Å². The molecule has 0 fully saturated rings. The molecular weight excluding hydrogens is 432 g/mol. The number of ketones is 2. The van der Waals surface area contributed by atoms with Crippen LogP contribution in [0.15, 0.2) is 59.1 Å². The highest BCUT2D eigenvalue weighted by Crippen LogP contribution is 2.34. The first-order valence-corrected chi connectivity index (χ1v) is 12.3. The van der Waals surface area contributed by atoms with Gasteiger partial charge in [0.15, 0.2) is 0 Å². The molecule has 1 N–H and O–H groups in total. The second-order valence-corrected chi connectivity index (χ2v) is 9.22. The first-order chi connectivity index (χ1) is 16.2. The lowest BCUT2D eigenvalue weighted by Crippen LogP contribution is -2.50. The van der Waals surface area contributed by atoms with Crippen molar-refractivity contribution in [3.63, 3.8) is 0 Å². The molecule has 0 amide bonds. The van der Waals surface area contributed by atoms with Gasteiger partial charge in [-0.2, -0.15) is 0 Å². The van der Waals surface area contributed by atoms with Crippen molar-refractivity contribution >= 4 is 17.5 Å². The molecule has 34 heavy (non-hydrogen) atoms. The number of allylic oxidation sites excluding steroid dienone is 5. The number of carbonyl (C=O) groups is 3. The lowest BCUT2D eigenvalue weighted by molar-refractivity contribution is -0.165. The topological polar surface area (TPSA) is 89.9 Å². The van der Waals surface area contributed by atoms with Gasteiger partial charge in [0, 0.05) is 12.0 Å². The third kappa shape index (κ3) is 7.66. The molecule has 0 unspecified atom stereocenters. The summed E-state index contributed by atoms with van der Waals surface area (Å²) in [6.07, 6.45) is 18.8. The number of hydrogen-bond acceptors (Lipinski definition) is 6. The number of rotatable bonds is 13. The summed E-state index contributed by atoms with van der Waals surface area (Å²) in [6.45, 7) is 6.73. The Morgan fingerprint density at radius 3 is 2.50 bits per heavy atom. The van der Waals surface area contributed by atoms with E-state index in [0.29, 0.717) is 16.9 Å². The summed E-state index contributed by atoms with van der Waals surface area (Å²) in [6, 6.07) is 0. The van der Waals surface area contributed by atoms with Gasteiger partial charge in [0.1, 0.15) is 12.0 Å². The number of Topliss-reactive ketones (excluding diaryl/α,β-unsaturated/α-hetero) is 1. The van der Waals surface area contributed by atoms with Crippen molar-refractivity contribution in [1.29, 1.82) is 0 Å². The van der Waals surface area contributed by atoms with Crippen LogP contribution in [0, 0.1) is 0 Å². The predicted molar refractivity (Wildman–Crippen MR) is 132 cm³/mol. The smallest absolute Gasteiger partial charge is 0.335 e. The van der Waals surface area contributed by atoms with E-state index in [9.17, 15) is 19.5 Å². The molecule has 6 heteroatoms. The van der Waals surface area contributed by atoms with Gasteiger partial charge in [-0.15, -0.1) is 0 Å². The van der Waals surface area contributed by atoms with Gasteiger partial charge < -0.3 is 14.6 Å². The van der Waals surface area contributed by atoms with E-state index < -0.39 is 29.2 Å². The zero-order valence-electron chi connectivity index (χ0n) is 20.9. The highest BCUT2D eigenvalue weighted by Gasteiger charge is 2.49. The summed E-state index contributed by atoms with van der Waals surface area (Å²) in [5, 5.41) is 9.53. The van der Waals surface area contributed by atoms with Crippen molar-refractivity contribution in [3.05, 3.63) is 59.1 Å². The number of ether oxygens (including phenoxy) is 2. The lowest BCUT2D eigenvalue weighted by Gasteiger charge is -2.31. The Kier molecular flexibility index (Phi) is 10.7. The van der Waals surface area contributed by atoms with Crippen LogP contribution in [-0.4, -0.2) is 34.3 Å². The Morgan fingerprint density at radius 1 is 1.15 bits per heavy atom. The Bertz CT molecular complexity index is 915. The van der Waals surface area contributed by atoms with E-state index in [2.05, 4.69) is 6.92 Å². The largest absolute Gasteiger partial charge is 0.468 e. The molecule has 0 radical (unpaired) electrons. The molecule has 1 aliphatic carbocycles. The molecule has 0 aromatic heterocycles. The second kappa shape index (κ2) is 13.2. The van der Waals surface area contributed by atoms with Crippen LogP contribution in [0.5, 0.6) is 0 Å². The van der Waals surface area contributed by atoms with Crippen molar-refractivity contribution in [2.45, 2.75) is 97.2 Å². The monoisotopic (exact) mass is 470 g/mol. The number of unbranched alkanes of at least 4 members (excludes halogenated alkanes) is 7. The van der Waals surface area contributed by atoms with E-state index in [-0.39, 0.29) is 12.0 Å². The summed E-state index contributed by atoms with van der Waals surface area (Å²) >= 11 is 0. The quantitative estimate of drug-likeness (QED) is 0.124. The van der Waals surface area contributed by atoms with Gasteiger partial charge in [0.25, 0.3) is 0 Å². The molecule has 0 bridgehead atoms. The molecule has 1 heterocycles. The van der Waals surface area contributed by atoms with Crippen LogP contribution in [-0.2, 0) is 23.9 Å². The molecule has 0 aromatic carbocycles. The number of carbonyl (C=O) groups excluding carboxylic acids is 3. The van der Waals surface area contributed by atoms with Gasteiger partial charge in [0.05, 0.1) is 11.7 Å². The van der Waals surface area contributed by atoms with E-state index in [1.54, 1.807) is 26.0 Å². The molecule has 0 saturated heterocycles. The standard InChI is InChI=1S/C28H38O6/c1-5-6-7-8-9-10-11-12-13-14-15-20(2)27(32)34-28(4)25(30)18-22-17-23(16-21(3)29)33-19-24(22)26(28)31/h13-15,17-19,21,29H,5-12,16H2,1-4H3/b14-13+,20-15+/t21-,28+/m1/s1. The molecule has 1 aliphatic heterocycles. The molecule has 2 aliphatic rings. The van der Waals surface area contributed by atoms with Gasteiger partial charge in [-0.1, -0.05) is 63.7 Å². The first-order valence-electron chi connectivity index (χ1n) is 12.3. The SMILES string of the molecule is CCCCCCCCC/C=C/C=C(\C)C(=O)O[C@@]1(C)C(=O)C=C2C=C(C[C@@H](C)O)OC=C2C1=O. The van der Waals surface area contributed by atoms with Crippen LogP contribution in [0.2, 0.25) is 0 Å². The van der Waals surface area contributed by atoms with Crippen LogP contribution in [0.3, 0.4) is 0 Å². The number of fused-ring (bicyclic) bond motifs is 1. The minimum absolute atomic E-state index is 0.167. The maximum atomic E-state index is 13.0. The van der Waals surface area contributed by atoms with E-state index in [1.165, 1.54) is 57.8 Å². The number of hydrogen-bond donors (Lipinski definition) is 1. The fourth-order valence-corrected chi connectivity index (χ4v) is 3.80. The summed E-state index contributed by atoms with van der Waals surface area (Å²) in [7, 11) is 0. The second-order valence-electron chi connectivity index (χ2n) is 9.22. The molecule has 186 valence electrons. The van der Waals surface area contributed by atoms with E-state index in [0.717, 1.165) is 12.8 Å². The van der Waals surface area contributed by atoms with Crippen LogP contribution in [0.1, 0.15) is 85.5 Å². The van der Waals surface area contributed by atoms with E-state index in [1.807, 2.05) is 12.2 Å². The predicted octanol–water partition coefficient (Wildman–Crippen LogP) is 5.58. The summed E-state index contributed by atoms with van der Waals surface area (Å²) in [4.78, 5) is 38.4. The Morgan fingerprint density at radius 2 is 1.82 bits per heavy atom. The third-order valence-corrected chi connectivity index (χ3v) is 5.96. The highest BCUT2D eigenvalue weighted by atomic mass is 16.6. The zero-order valence-corrected chi connectivity index (χ0v) is 20.9. The van der Waals surface area contributed by atoms with Crippen molar-refractivity contribution in [2.75, 3.05) is 0 Å². The Balaban J connectivity index is 1.92. The molecule has 0 spiro atoms. The van der Waals surface area contributed by atoms with Crippen molar-refractivity contribution in [2.24, 2.45) is 0 Å². The molecule has 2 rings (SSSR count). The van der Waals surface area contributed by atoms with Crippen molar-refractivity contribution < 1.29 is 29.0 Å². The van der Waals surface area contributed by atoms with Crippen LogP contribution in [0.4, 0.5) is 0 Å². The van der Waals surface area contributed by atoms with E-state index in [4.69, 9.17) is 9.47 Å². The van der Waals surface area contributed by atoms with Gasteiger partial charge in [-0.3, -0.25) is 9.59 Å². The number of aliphatic hydroxyl groups is 1. The van der Waals surface area contributed by atoms with Crippen LogP contribution >= 0.6 is 0 Å². The van der Waals surface area contributed by atoms with Gasteiger partial charge in [-0.05, 0) is 51.3 Å². The maximum Gasteiger partial charge on any atom is 0.335 e. The molecule has 2 atom stereocenters. The van der Waals surface area contributed by atoms with Crippen LogP contribution in [0.25, 0.3) is 0 Å². The summed E-state index contributed by atoms with van der Waals surface area (Å²) in [5.74, 6) is -1.50. The Hall–Kier alpha value is -2.73. The van der Waals surface area contributed by atoms with E-state index >= 15 is 0 Å². The minimum Gasteiger partial charge on any atom is -0.468 e. The maximum absolute atomic E-state index is 13.0. The van der Waals surface area contributed by atoms with Crippen molar-refractivity contribution in [3.8, 4) is 0 Å². The molecule has 6 nitrogen and oxygen atoms in total. The van der Waals surface area contributed by atoms with Crippen LogP contribution < -0.4 is 0 Å². The molecule has 0 saturated carbocycles. The fourth-order valence-electron chi connectivity index (χ4n) is 3.80.